The molecule has 0 unspecified atom stereocenters. The van der Waals surface area contributed by atoms with Gasteiger partial charge in [0.1, 0.15) is 6.04 Å². The lowest BCUT2D eigenvalue weighted by Gasteiger charge is -2.33. The molecule has 2 rings (SSSR count). The normalized spacial score (nSPS) is 18.4. The summed E-state index contributed by atoms with van der Waals surface area (Å²) < 4.78 is 16.0. The second kappa shape index (κ2) is 29.1. The summed E-state index contributed by atoms with van der Waals surface area (Å²) in [5.74, 6) is -0.796. The Labute approximate surface area is 375 Å². The molecule has 344 valence electrons. The molecular formula is C53H81N3O6. The smallest absolute Gasteiger partial charge is 0.244 e. The van der Waals surface area contributed by atoms with Crippen molar-refractivity contribution in [3.8, 4) is 0 Å². The number of hydrogen-bond donors (Lipinski definition) is 3. The van der Waals surface area contributed by atoms with Gasteiger partial charge >= 0.3 is 0 Å². The zero-order valence-corrected chi connectivity index (χ0v) is 40.3. The summed E-state index contributed by atoms with van der Waals surface area (Å²) in [6, 6.07) is -0.744. The molecule has 62 heavy (non-hydrogen) atoms. The van der Waals surface area contributed by atoms with Crippen LogP contribution < -0.4 is 16.0 Å². The summed E-state index contributed by atoms with van der Waals surface area (Å²) in [6.07, 6.45) is 32.7. The van der Waals surface area contributed by atoms with E-state index in [1.54, 1.807) is 13.2 Å². The molecule has 0 fully saturated rings. The van der Waals surface area contributed by atoms with Crippen LogP contribution in [0, 0.1) is 10.8 Å². The molecule has 3 amide bonds. The van der Waals surface area contributed by atoms with Gasteiger partial charge in [-0.15, -0.1) is 0 Å². The van der Waals surface area contributed by atoms with E-state index in [4.69, 9.17) is 14.2 Å². The van der Waals surface area contributed by atoms with Crippen LogP contribution >= 0.6 is 0 Å². The number of allylic oxidation sites excluding steroid dienone is 18. The molecular weight excluding hydrogens is 775 g/mol. The van der Waals surface area contributed by atoms with Crippen molar-refractivity contribution in [1.82, 2.24) is 16.0 Å². The fourth-order valence-corrected chi connectivity index (χ4v) is 7.83. The number of rotatable bonds is 26. The van der Waals surface area contributed by atoms with E-state index in [0.29, 0.717) is 65.4 Å². The van der Waals surface area contributed by atoms with Gasteiger partial charge in [0.2, 0.25) is 17.7 Å². The zero-order valence-electron chi connectivity index (χ0n) is 40.3. The molecule has 9 nitrogen and oxygen atoms in total. The molecule has 9 heteroatoms. The third-order valence-electron chi connectivity index (χ3n) is 11.5. The van der Waals surface area contributed by atoms with E-state index in [9.17, 15) is 14.4 Å². The largest absolute Gasteiger partial charge is 0.382 e. The molecule has 0 aliphatic heterocycles. The van der Waals surface area contributed by atoms with E-state index in [-0.39, 0.29) is 28.6 Å². The summed E-state index contributed by atoms with van der Waals surface area (Å²) in [5, 5.41) is 8.73. The van der Waals surface area contributed by atoms with E-state index in [2.05, 4.69) is 102 Å². The molecule has 0 saturated carbocycles. The molecule has 2 aliphatic rings. The molecule has 0 aromatic rings. The second-order valence-electron chi connectivity index (χ2n) is 18.2. The summed E-state index contributed by atoms with van der Waals surface area (Å²) >= 11 is 0. The first-order valence-electron chi connectivity index (χ1n) is 22.8. The summed E-state index contributed by atoms with van der Waals surface area (Å²) in [7, 11) is 1.62. The highest BCUT2D eigenvalue weighted by molar-refractivity contribution is 5.93. The number of methoxy groups -OCH3 is 1. The van der Waals surface area contributed by atoms with E-state index in [1.165, 1.54) is 60.5 Å². The Morgan fingerprint density at radius 3 is 1.65 bits per heavy atom. The Morgan fingerprint density at radius 1 is 0.629 bits per heavy atom. The van der Waals surface area contributed by atoms with Gasteiger partial charge in [-0.3, -0.25) is 14.4 Å². The average molecular weight is 856 g/mol. The van der Waals surface area contributed by atoms with Gasteiger partial charge in [0.15, 0.2) is 0 Å². The third kappa shape index (κ3) is 22.2. The van der Waals surface area contributed by atoms with Crippen LogP contribution in [0.5, 0.6) is 0 Å². The first-order valence-corrected chi connectivity index (χ1v) is 22.8. The molecule has 0 heterocycles. The van der Waals surface area contributed by atoms with E-state index >= 15 is 0 Å². The lowest BCUT2D eigenvalue weighted by molar-refractivity contribution is -0.127. The van der Waals surface area contributed by atoms with Crippen molar-refractivity contribution in [2.75, 3.05) is 53.2 Å². The van der Waals surface area contributed by atoms with Crippen molar-refractivity contribution in [3.63, 3.8) is 0 Å². The van der Waals surface area contributed by atoms with Crippen molar-refractivity contribution >= 4 is 17.7 Å². The topological polar surface area (TPSA) is 115 Å². The number of carbonyl (C=O) groups is 3. The molecule has 0 aromatic carbocycles. The first kappa shape index (κ1) is 53.8. The monoisotopic (exact) mass is 856 g/mol. The molecule has 3 N–H and O–H groups in total. The number of amides is 3. The highest BCUT2D eigenvalue weighted by atomic mass is 16.5. The molecule has 2 aliphatic carbocycles. The lowest BCUT2D eigenvalue weighted by atomic mass is 9.72. The number of ether oxygens (including phenoxy) is 3. The van der Waals surface area contributed by atoms with Crippen LogP contribution in [0.4, 0.5) is 0 Å². The van der Waals surface area contributed by atoms with Gasteiger partial charge in [-0.25, -0.2) is 0 Å². The highest BCUT2D eigenvalue weighted by Gasteiger charge is 2.27. The van der Waals surface area contributed by atoms with Crippen molar-refractivity contribution in [1.29, 1.82) is 0 Å². The maximum atomic E-state index is 13.3. The molecule has 0 radical (unpaired) electrons. The van der Waals surface area contributed by atoms with E-state index in [0.717, 1.165) is 28.7 Å². The molecule has 0 aromatic heterocycles. The standard InChI is InChI=1S/C53H81N3O6/c1-40(25-27-46-44(5)22-16-29-52(46,7)8)18-14-20-42(3)38-49(57)54-31-13-12-24-48(51(59)55-32-33-61-36-37-62-35-34-60-11)56-50(58)39-43(4)21-15-19-41(2)26-28-47-45(6)23-17-30-53(47,9)10/h14-15,18-21,25-28,38-39,48H,12-13,16-17,22-24,29-37H2,1-11H3,(H,54,57)(H,55,59)(H,56,58)/b20-14+,21-15+,27-25+,28-26+,40-18+,41-19+,42-38+,43-39+/t48-/m1/s1. The third-order valence-corrected chi connectivity index (χ3v) is 11.5. The minimum Gasteiger partial charge on any atom is -0.382 e. The number of hydrogen-bond acceptors (Lipinski definition) is 6. The Balaban J connectivity index is 1.93. The van der Waals surface area contributed by atoms with Crippen molar-refractivity contribution in [2.45, 2.75) is 133 Å². The molecule has 1 atom stereocenters. The van der Waals surface area contributed by atoms with Gasteiger partial charge in [0.25, 0.3) is 0 Å². The molecule has 0 bridgehead atoms. The Bertz CT molecular complexity index is 1780. The summed E-state index contributed by atoms with van der Waals surface area (Å²) in [5.41, 5.74) is 10.1. The van der Waals surface area contributed by atoms with Crippen molar-refractivity contribution in [3.05, 3.63) is 117 Å². The van der Waals surface area contributed by atoms with E-state index in [1.807, 2.05) is 44.2 Å². The summed E-state index contributed by atoms with van der Waals surface area (Å²) in [4.78, 5) is 39.0. The van der Waals surface area contributed by atoms with Crippen LogP contribution in [-0.2, 0) is 28.6 Å². The Morgan fingerprint density at radius 2 is 1.13 bits per heavy atom. The predicted octanol–water partition coefficient (Wildman–Crippen LogP) is 10.6. The van der Waals surface area contributed by atoms with Gasteiger partial charge in [0, 0.05) is 32.4 Å². The SMILES string of the molecule is COCCOCCOCCNC(=O)[C@@H](CCCCNC(=O)/C=C(C)/C=C/C=C(C)/C=C/C1=C(C)CCCC1(C)C)NC(=O)/C=C(C)/C=C/C=C(C)/C=C/C1=C(C)CCCC1(C)C. The Kier molecular flexibility index (Phi) is 25.3. The van der Waals surface area contributed by atoms with E-state index < -0.39 is 6.04 Å². The second-order valence-corrected chi connectivity index (χ2v) is 18.2. The first-order chi connectivity index (χ1) is 29.4. The van der Waals surface area contributed by atoms with Crippen LogP contribution in [0.2, 0.25) is 0 Å². The maximum absolute atomic E-state index is 13.3. The van der Waals surface area contributed by atoms with Crippen LogP contribution in [0.15, 0.2) is 117 Å². The number of unbranched alkanes of at least 4 members (excludes halogenated alkanes) is 1. The zero-order chi connectivity index (χ0) is 46.0. The van der Waals surface area contributed by atoms with Crippen molar-refractivity contribution < 1.29 is 28.6 Å². The van der Waals surface area contributed by atoms with Crippen LogP contribution in [0.3, 0.4) is 0 Å². The molecule has 0 saturated heterocycles. The molecule has 0 spiro atoms. The van der Waals surface area contributed by atoms with Crippen molar-refractivity contribution in [2.24, 2.45) is 10.8 Å². The Hall–Kier alpha value is -4.31. The van der Waals surface area contributed by atoms with Crippen LogP contribution in [0.25, 0.3) is 0 Å². The van der Waals surface area contributed by atoms with Gasteiger partial charge in [-0.1, -0.05) is 111 Å². The quantitative estimate of drug-likeness (QED) is 0.0453. The van der Waals surface area contributed by atoms with Gasteiger partial charge in [-0.05, 0) is 132 Å². The lowest BCUT2D eigenvalue weighted by Crippen LogP contribution is -2.47. The van der Waals surface area contributed by atoms with Gasteiger partial charge in [0.05, 0.1) is 33.0 Å². The minimum absolute atomic E-state index is 0.170. The fraction of sp³-hybridized carbons (Fsp3) is 0.566. The summed E-state index contributed by atoms with van der Waals surface area (Å²) in [6.45, 7) is 24.6. The predicted molar refractivity (Wildman–Crippen MR) is 258 cm³/mol. The van der Waals surface area contributed by atoms with Crippen LogP contribution in [0.1, 0.15) is 127 Å². The number of nitrogens with one attached hydrogen (secondary N) is 3. The fourth-order valence-electron chi connectivity index (χ4n) is 7.83. The van der Waals surface area contributed by atoms with Gasteiger partial charge < -0.3 is 30.2 Å². The van der Waals surface area contributed by atoms with Gasteiger partial charge in [-0.2, -0.15) is 0 Å². The van der Waals surface area contributed by atoms with Crippen LogP contribution in [-0.4, -0.2) is 77.0 Å². The average Bonchev–Trinajstić information content (AvgIpc) is 3.18. The highest BCUT2D eigenvalue weighted by Crippen LogP contribution is 2.41. The minimum atomic E-state index is -0.744. The number of carbonyl (C=O) groups excluding carboxylic acids is 3. The maximum Gasteiger partial charge on any atom is 0.244 e.